The van der Waals surface area contributed by atoms with Gasteiger partial charge < -0.3 is 28.7 Å². The monoisotopic (exact) mass is 567 g/mol. The Balaban J connectivity index is 1.32. The maximum absolute atomic E-state index is 13.1. The van der Waals surface area contributed by atoms with Gasteiger partial charge in [0, 0.05) is 5.56 Å². The number of nitrogens with zero attached hydrogens (tertiary/aromatic N) is 1. The van der Waals surface area contributed by atoms with Gasteiger partial charge in [0.15, 0.2) is 23.0 Å². The Bertz CT molecular complexity index is 1650. The first-order valence-electron chi connectivity index (χ1n) is 12.8. The predicted octanol–water partition coefficient (Wildman–Crippen LogP) is 4.55. The molecule has 1 aliphatic heterocycles. The number of ether oxygens (including phenoxy) is 4. The van der Waals surface area contributed by atoms with Gasteiger partial charge in [-0.1, -0.05) is 24.3 Å². The van der Waals surface area contributed by atoms with Gasteiger partial charge in [-0.2, -0.15) is 5.10 Å². The Kier molecular flexibility index (Phi) is 8.58. The van der Waals surface area contributed by atoms with E-state index in [2.05, 4.69) is 15.8 Å². The summed E-state index contributed by atoms with van der Waals surface area (Å²) in [6.07, 6.45) is 4.26. The molecule has 11 nitrogen and oxygen atoms in total. The van der Waals surface area contributed by atoms with Crippen molar-refractivity contribution in [3.8, 4) is 23.0 Å². The van der Waals surface area contributed by atoms with Gasteiger partial charge in [-0.25, -0.2) is 10.2 Å². The quantitative estimate of drug-likeness (QED) is 0.0936. The van der Waals surface area contributed by atoms with Crippen molar-refractivity contribution in [2.45, 2.75) is 6.92 Å². The lowest BCUT2D eigenvalue weighted by Crippen LogP contribution is -2.32. The summed E-state index contributed by atoms with van der Waals surface area (Å²) in [6.45, 7) is 2.21. The summed E-state index contributed by atoms with van der Waals surface area (Å²) in [5.74, 6) is -0.152. The molecule has 0 atom stereocenters. The number of hydrogen-bond donors (Lipinski definition) is 2. The van der Waals surface area contributed by atoms with E-state index in [1.165, 1.54) is 24.6 Å². The van der Waals surface area contributed by atoms with Crippen LogP contribution in [0.15, 0.2) is 100 Å². The molecule has 2 amide bonds. The van der Waals surface area contributed by atoms with E-state index >= 15 is 0 Å². The fraction of sp³-hybridized carbons (Fsp3) is 0.0968. The minimum atomic E-state index is -0.672. The number of nitrogens with one attached hydrogen (secondary N) is 2. The maximum Gasteiger partial charge on any atom is 0.379 e. The summed E-state index contributed by atoms with van der Waals surface area (Å²) in [7, 11) is 0. The number of rotatable bonds is 10. The van der Waals surface area contributed by atoms with Crippen molar-refractivity contribution in [1.82, 2.24) is 10.7 Å². The van der Waals surface area contributed by atoms with Crippen LogP contribution in [0.1, 0.15) is 39.0 Å². The third-order valence-electron chi connectivity index (χ3n) is 5.81. The number of carbonyl (C=O) groups is 3. The first-order valence-corrected chi connectivity index (χ1v) is 12.8. The zero-order valence-electron chi connectivity index (χ0n) is 22.4. The second-order valence-electron chi connectivity index (χ2n) is 8.70. The SMILES string of the molecule is CCOc1cc(/C=N/NC(=O)/C(=C\c2ccc3c(c2)OCO3)NC(=O)c2ccccc2)ccc1OC(=O)c1ccco1. The van der Waals surface area contributed by atoms with Gasteiger partial charge in [0.2, 0.25) is 12.6 Å². The Labute approximate surface area is 240 Å². The van der Waals surface area contributed by atoms with Crippen molar-refractivity contribution in [3.63, 3.8) is 0 Å². The lowest BCUT2D eigenvalue weighted by molar-refractivity contribution is -0.117. The molecule has 1 aromatic heterocycles. The Morgan fingerprint density at radius 2 is 1.71 bits per heavy atom. The van der Waals surface area contributed by atoms with Crippen LogP contribution in [-0.2, 0) is 4.79 Å². The van der Waals surface area contributed by atoms with Crippen LogP contribution >= 0.6 is 0 Å². The summed E-state index contributed by atoms with van der Waals surface area (Å²) in [6, 6.07) is 21.5. The number of amides is 2. The second-order valence-corrected chi connectivity index (χ2v) is 8.70. The fourth-order valence-electron chi connectivity index (χ4n) is 3.84. The third-order valence-corrected chi connectivity index (χ3v) is 5.81. The second kappa shape index (κ2) is 13.0. The van der Waals surface area contributed by atoms with Gasteiger partial charge in [0.05, 0.1) is 19.1 Å². The molecule has 0 bridgehead atoms. The molecule has 4 aromatic rings. The molecule has 0 fully saturated rings. The molecular formula is C31H25N3O8. The average molecular weight is 568 g/mol. The largest absolute Gasteiger partial charge is 0.490 e. The Morgan fingerprint density at radius 3 is 2.50 bits per heavy atom. The highest BCUT2D eigenvalue weighted by molar-refractivity contribution is 6.05. The fourth-order valence-corrected chi connectivity index (χ4v) is 3.84. The number of esters is 1. The minimum Gasteiger partial charge on any atom is -0.490 e. The molecule has 0 aliphatic carbocycles. The molecule has 11 heteroatoms. The molecule has 212 valence electrons. The van der Waals surface area contributed by atoms with Crippen LogP contribution in [-0.4, -0.2) is 37.4 Å². The van der Waals surface area contributed by atoms with Crippen LogP contribution in [0.25, 0.3) is 6.08 Å². The standard InChI is InChI=1S/C31H25N3O8/c1-2-38-28-17-21(11-13-25(28)42-31(37)26-9-6-14-39-26)18-32-34-30(36)23(33-29(35)22-7-4-3-5-8-22)15-20-10-12-24-27(16-20)41-19-40-24/h3-18H,2,19H2,1H3,(H,33,35)(H,34,36)/b23-15+,32-18+. The number of hydrogen-bond acceptors (Lipinski definition) is 9. The molecule has 42 heavy (non-hydrogen) atoms. The van der Waals surface area contributed by atoms with Crippen LogP contribution in [0.2, 0.25) is 0 Å². The van der Waals surface area contributed by atoms with E-state index in [9.17, 15) is 14.4 Å². The topological polar surface area (TPSA) is 138 Å². The van der Waals surface area contributed by atoms with E-state index in [-0.39, 0.29) is 24.0 Å². The van der Waals surface area contributed by atoms with Gasteiger partial charge in [-0.3, -0.25) is 9.59 Å². The molecule has 2 heterocycles. The number of carbonyl (C=O) groups excluding carboxylic acids is 3. The lowest BCUT2D eigenvalue weighted by Gasteiger charge is -2.11. The van der Waals surface area contributed by atoms with Gasteiger partial charge in [0.1, 0.15) is 5.70 Å². The van der Waals surface area contributed by atoms with E-state index in [1.807, 2.05) is 0 Å². The van der Waals surface area contributed by atoms with Gasteiger partial charge >= 0.3 is 5.97 Å². The predicted molar refractivity (Wildman–Crippen MR) is 151 cm³/mol. The molecule has 5 rings (SSSR count). The molecule has 0 saturated carbocycles. The van der Waals surface area contributed by atoms with E-state index in [1.54, 1.807) is 79.7 Å². The smallest absolute Gasteiger partial charge is 0.379 e. The number of fused-ring (bicyclic) bond motifs is 1. The van der Waals surface area contributed by atoms with Crippen molar-refractivity contribution in [2.75, 3.05) is 13.4 Å². The molecule has 2 N–H and O–H groups in total. The van der Waals surface area contributed by atoms with Crippen LogP contribution in [0.4, 0.5) is 0 Å². The summed E-state index contributed by atoms with van der Waals surface area (Å²) in [5, 5.41) is 6.68. The maximum atomic E-state index is 13.1. The van der Waals surface area contributed by atoms with E-state index in [0.717, 1.165) is 0 Å². The molecule has 0 unspecified atom stereocenters. The molecule has 3 aromatic carbocycles. The van der Waals surface area contributed by atoms with Crippen LogP contribution in [0, 0.1) is 0 Å². The highest BCUT2D eigenvalue weighted by Crippen LogP contribution is 2.33. The molecule has 0 spiro atoms. The van der Waals surface area contributed by atoms with E-state index in [4.69, 9.17) is 23.4 Å². The Morgan fingerprint density at radius 1 is 0.905 bits per heavy atom. The minimum absolute atomic E-state index is 0.0462. The number of furan rings is 1. The first-order chi connectivity index (χ1) is 20.5. The highest BCUT2D eigenvalue weighted by atomic mass is 16.7. The van der Waals surface area contributed by atoms with Crippen LogP contribution < -0.4 is 29.7 Å². The van der Waals surface area contributed by atoms with E-state index in [0.29, 0.717) is 40.5 Å². The van der Waals surface area contributed by atoms with Crippen molar-refractivity contribution in [3.05, 3.63) is 113 Å². The van der Waals surface area contributed by atoms with Crippen LogP contribution in [0.3, 0.4) is 0 Å². The first kappa shape index (κ1) is 27.7. The molecular weight excluding hydrogens is 542 g/mol. The third kappa shape index (κ3) is 6.83. The Hall–Kier alpha value is -5.84. The van der Waals surface area contributed by atoms with Gasteiger partial charge in [0.25, 0.3) is 11.8 Å². The summed E-state index contributed by atoms with van der Waals surface area (Å²) >= 11 is 0. The zero-order chi connectivity index (χ0) is 29.3. The lowest BCUT2D eigenvalue weighted by atomic mass is 10.1. The zero-order valence-corrected chi connectivity index (χ0v) is 22.4. The molecule has 0 saturated heterocycles. The number of hydrazone groups is 1. The average Bonchev–Trinajstić information content (AvgIpc) is 3.71. The summed E-state index contributed by atoms with van der Waals surface area (Å²) < 4.78 is 26.8. The molecule has 0 radical (unpaired) electrons. The number of benzene rings is 3. The van der Waals surface area contributed by atoms with Crippen molar-refractivity contribution < 1.29 is 37.7 Å². The normalized spacial score (nSPS) is 12.2. The summed E-state index contributed by atoms with van der Waals surface area (Å²) in [5.41, 5.74) is 3.91. The van der Waals surface area contributed by atoms with Crippen molar-refractivity contribution in [1.29, 1.82) is 0 Å². The van der Waals surface area contributed by atoms with Gasteiger partial charge in [-0.15, -0.1) is 0 Å². The van der Waals surface area contributed by atoms with Crippen molar-refractivity contribution >= 4 is 30.1 Å². The highest BCUT2D eigenvalue weighted by Gasteiger charge is 2.18. The van der Waals surface area contributed by atoms with Gasteiger partial charge in [-0.05, 0) is 78.7 Å². The van der Waals surface area contributed by atoms with Crippen molar-refractivity contribution in [2.24, 2.45) is 5.10 Å². The van der Waals surface area contributed by atoms with E-state index < -0.39 is 17.8 Å². The van der Waals surface area contributed by atoms with Crippen LogP contribution in [0.5, 0.6) is 23.0 Å². The molecule has 1 aliphatic rings. The summed E-state index contributed by atoms with van der Waals surface area (Å²) in [4.78, 5) is 38.3.